The summed E-state index contributed by atoms with van der Waals surface area (Å²) >= 11 is 1.66. The Morgan fingerprint density at radius 3 is 2.80 bits per heavy atom. The van der Waals surface area contributed by atoms with E-state index >= 15 is 0 Å². The molecule has 0 saturated heterocycles. The van der Waals surface area contributed by atoms with Crippen LogP contribution < -0.4 is 10.7 Å². The minimum absolute atomic E-state index is 0.172. The molecule has 0 unspecified atom stereocenters. The highest BCUT2D eigenvalue weighted by Crippen LogP contribution is 2.30. The van der Waals surface area contributed by atoms with Gasteiger partial charge in [0.05, 0.1) is 11.3 Å². The number of nitrogens with one attached hydrogen (secondary N) is 2. The molecule has 2 aromatic heterocycles. The Balaban J connectivity index is 1.45. The van der Waals surface area contributed by atoms with Crippen molar-refractivity contribution < 1.29 is 9.59 Å². The third-order valence-corrected chi connectivity index (χ3v) is 6.31. The lowest BCUT2D eigenvalue weighted by Gasteiger charge is -2.12. The fourth-order valence-electron chi connectivity index (χ4n) is 3.56. The van der Waals surface area contributed by atoms with Gasteiger partial charge in [-0.1, -0.05) is 12.1 Å². The molecule has 2 N–H and O–H groups in total. The number of benzene rings is 1. The minimum Gasteiger partial charge on any atom is -0.321 e. The SMILES string of the molecule is C/C(=N\NC(=O)c1csc2c1CCCC2)c1cccc(NC(=O)c2ccnn2C)c1. The maximum Gasteiger partial charge on any atom is 0.273 e. The summed E-state index contributed by atoms with van der Waals surface area (Å²) in [4.78, 5) is 26.3. The number of fused-ring (bicyclic) bond motifs is 1. The van der Waals surface area contributed by atoms with E-state index in [1.54, 1.807) is 36.7 Å². The molecule has 0 aliphatic heterocycles. The maximum atomic E-state index is 12.6. The molecule has 0 spiro atoms. The molecular weight excluding hydrogens is 398 g/mol. The van der Waals surface area contributed by atoms with Crippen molar-refractivity contribution in [3.05, 3.63) is 69.2 Å². The number of aryl methyl sites for hydroxylation is 2. The zero-order valence-electron chi connectivity index (χ0n) is 16.9. The Bertz CT molecular complexity index is 1130. The van der Waals surface area contributed by atoms with Crippen LogP contribution in [0.2, 0.25) is 0 Å². The van der Waals surface area contributed by atoms with Crippen LogP contribution in [-0.2, 0) is 19.9 Å². The fraction of sp³-hybridized carbons (Fsp3) is 0.273. The first kappa shape index (κ1) is 20.0. The molecule has 0 saturated carbocycles. The van der Waals surface area contributed by atoms with Crippen molar-refractivity contribution in [3.63, 3.8) is 0 Å². The molecule has 0 radical (unpaired) electrons. The molecule has 3 aromatic rings. The fourth-order valence-corrected chi connectivity index (χ4v) is 4.68. The van der Waals surface area contributed by atoms with Gasteiger partial charge in [-0.15, -0.1) is 11.3 Å². The average molecular weight is 422 g/mol. The van der Waals surface area contributed by atoms with E-state index in [4.69, 9.17) is 0 Å². The highest BCUT2D eigenvalue weighted by molar-refractivity contribution is 7.10. The number of rotatable bonds is 5. The quantitative estimate of drug-likeness (QED) is 0.486. The van der Waals surface area contributed by atoms with Crippen molar-refractivity contribution in [3.8, 4) is 0 Å². The number of hydrazone groups is 1. The van der Waals surface area contributed by atoms with Crippen LogP contribution in [0.25, 0.3) is 0 Å². The molecule has 2 heterocycles. The number of hydrogen-bond acceptors (Lipinski definition) is 5. The van der Waals surface area contributed by atoms with Gasteiger partial charge in [0.15, 0.2) is 0 Å². The number of hydrogen-bond donors (Lipinski definition) is 2. The Morgan fingerprint density at radius 1 is 1.17 bits per heavy atom. The Kier molecular flexibility index (Phi) is 5.76. The third-order valence-electron chi connectivity index (χ3n) is 5.22. The number of carbonyl (C=O) groups is 2. The molecule has 1 aromatic carbocycles. The summed E-state index contributed by atoms with van der Waals surface area (Å²) in [7, 11) is 1.72. The summed E-state index contributed by atoms with van der Waals surface area (Å²) in [6, 6.07) is 9.01. The number of nitrogens with zero attached hydrogens (tertiary/aromatic N) is 3. The lowest BCUT2D eigenvalue weighted by Crippen LogP contribution is -2.21. The number of carbonyl (C=O) groups excluding carboxylic acids is 2. The number of aromatic nitrogens is 2. The van der Waals surface area contributed by atoms with Crippen molar-refractivity contribution >= 4 is 34.6 Å². The second kappa shape index (κ2) is 8.62. The van der Waals surface area contributed by atoms with E-state index in [1.807, 2.05) is 30.5 Å². The van der Waals surface area contributed by atoms with E-state index in [0.29, 0.717) is 17.1 Å². The topological polar surface area (TPSA) is 88.4 Å². The molecule has 8 heteroatoms. The van der Waals surface area contributed by atoms with Gasteiger partial charge in [-0.25, -0.2) is 5.43 Å². The van der Waals surface area contributed by atoms with Gasteiger partial charge in [-0.2, -0.15) is 10.2 Å². The monoisotopic (exact) mass is 421 g/mol. The molecule has 2 amide bonds. The first-order valence-electron chi connectivity index (χ1n) is 9.86. The maximum absolute atomic E-state index is 12.6. The third kappa shape index (κ3) is 4.18. The lowest BCUT2D eigenvalue weighted by atomic mass is 9.96. The molecule has 0 atom stereocenters. The van der Waals surface area contributed by atoms with Gasteiger partial charge >= 0.3 is 0 Å². The largest absolute Gasteiger partial charge is 0.321 e. The predicted octanol–water partition coefficient (Wildman–Crippen LogP) is 3.77. The van der Waals surface area contributed by atoms with Crippen LogP contribution in [0.4, 0.5) is 5.69 Å². The summed E-state index contributed by atoms with van der Waals surface area (Å²) < 4.78 is 1.52. The number of amides is 2. The van der Waals surface area contributed by atoms with Gasteiger partial charge in [0.25, 0.3) is 11.8 Å². The van der Waals surface area contributed by atoms with Gasteiger partial charge in [-0.3, -0.25) is 14.3 Å². The lowest BCUT2D eigenvalue weighted by molar-refractivity contribution is 0.0953. The van der Waals surface area contributed by atoms with Gasteiger partial charge in [-0.05, 0) is 61.9 Å². The van der Waals surface area contributed by atoms with Crippen LogP contribution in [0.3, 0.4) is 0 Å². The van der Waals surface area contributed by atoms with Gasteiger partial charge in [0, 0.05) is 29.2 Å². The van der Waals surface area contributed by atoms with Crippen LogP contribution >= 0.6 is 11.3 Å². The van der Waals surface area contributed by atoms with Crippen LogP contribution in [0.1, 0.15) is 56.6 Å². The molecule has 0 fully saturated rings. The summed E-state index contributed by atoms with van der Waals surface area (Å²) in [6.45, 7) is 1.82. The molecule has 0 bridgehead atoms. The number of thiophene rings is 1. The van der Waals surface area contributed by atoms with Crippen molar-refractivity contribution in [2.75, 3.05) is 5.32 Å². The standard InChI is InChI=1S/C22H23N5O2S/c1-14(25-26-21(28)18-13-30-20-9-4-3-8-17(18)20)15-6-5-7-16(12-15)24-22(29)19-10-11-23-27(19)2/h5-7,10-13H,3-4,8-9H2,1-2H3,(H,24,29)(H,26,28)/b25-14+. The van der Waals surface area contributed by atoms with Gasteiger partial charge < -0.3 is 5.32 Å². The van der Waals surface area contributed by atoms with E-state index in [1.165, 1.54) is 21.5 Å². The molecule has 30 heavy (non-hydrogen) atoms. The minimum atomic E-state index is -0.239. The smallest absolute Gasteiger partial charge is 0.273 e. The number of anilines is 1. The molecule has 1 aliphatic rings. The van der Waals surface area contributed by atoms with E-state index < -0.39 is 0 Å². The molecule has 4 rings (SSSR count). The Morgan fingerprint density at radius 2 is 2.00 bits per heavy atom. The normalized spacial score (nSPS) is 13.6. The first-order valence-corrected chi connectivity index (χ1v) is 10.7. The summed E-state index contributed by atoms with van der Waals surface area (Å²) in [6.07, 6.45) is 5.92. The highest BCUT2D eigenvalue weighted by atomic mass is 32.1. The second-order valence-electron chi connectivity index (χ2n) is 7.27. The van der Waals surface area contributed by atoms with Crippen LogP contribution in [-0.4, -0.2) is 27.3 Å². The van der Waals surface area contributed by atoms with E-state index in [9.17, 15) is 9.59 Å². The second-order valence-corrected chi connectivity index (χ2v) is 8.24. The molecule has 7 nitrogen and oxygen atoms in total. The summed E-state index contributed by atoms with van der Waals surface area (Å²) in [5, 5.41) is 13.1. The molecule has 154 valence electrons. The molecular formula is C22H23N5O2S. The first-order chi connectivity index (χ1) is 14.5. The van der Waals surface area contributed by atoms with Crippen LogP contribution in [0.5, 0.6) is 0 Å². The van der Waals surface area contributed by atoms with Crippen molar-refractivity contribution in [2.45, 2.75) is 32.6 Å². The van der Waals surface area contributed by atoms with Gasteiger partial charge in [0.1, 0.15) is 5.69 Å². The highest BCUT2D eigenvalue weighted by Gasteiger charge is 2.20. The van der Waals surface area contributed by atoms with Gasteiger partial charge in [0.2, 0.25) is 0 Å². The van der Waals surface area contributed by atoms with Crippen LogP contribution in [0, 0.1) is 0 Å². The Labute approximate surface area is 178 Å². The van der Waals surface area contributed by atoms with E-state index in [-0.39, 0.29) is 11.8 Å². The van der Waals surface area contributed by atoms with E-state index in [2.05, 4.69) is 20.9 Å². The Hall–Kier alpha value is -3.26. The van der Waals surface area contributed by atoms with Crippen molar-refractivity contribution in [1.29, 1.82) is 0 Å². The predicted molar refractivity (Wildman–Crippen MR) is 118 cm³/mol. The van der Waals surface area contributed by atoms with E-state index in [0.717, 1.165) is 30.4 Å². The zero-order chi connectivity index (χ0) is 21.1. The van der Waals surface area contributed by atoms with Crippen LogP contribution in [0.15, 0.2) is 47.0 Å². The molecule has 1 aliphatic carbocycles. The zero-order valence-corrected chi connectivity index (χ0v) is 17.8. The summed E-state index contributed by atoms with van der Waals surface area (Å²) in [5.74, 6) is -0.410. The summed E-state index contributed by atoms with van der Waals surface area (Å²) in [5.41, 5.74) is 7.18. The van der Waals surface area contributed by atoms with Crippen molar-refractivity contribution in [1.82, 2.24) is 15.2 Å². The average Bonchev–Trinajstić information content (AvgIpc) is 3.38. The van der Waals surface area contributed by atoms with Crippen molar-refractivity contribution in [2.24, 2.45) is 12.1 Å².